The summed E-state index contributed by atoms with van der Waals surface area (Å²) in [7, 11) is 1.64. The SMILES string of the molecule is Cn1cc(C(=O)N2CCCC2CC(O)c2ccccc2)ccc1=O. The molecule has 0 bridgehead atoms. The molecular formula is C19H22N2O3. The van der Waals surface area contributed by atoms with Gasteiger partial charge in [-0.3, -0.25) is 9.59 Å². The summed E-state index contributed by atoms with van der Waals surface area (Å²) in [6.07, 6.45) is 3.35. The van der Waals surface area contributed by atoms with Gasteiger partial charge < -0.3 is 14.6 Å². The Balaban J connectivity index is 1.74. The van der Waals surface area contributed by atoms with Gasteiger partial charge in [0.2, 0.25) is 5.56 Å². The number of aliphatic hydroxyl groups is 1. The number of rotatable bonds is 4. The van der Waals surface area contributed by atoms with Gasteiger partial charge in [-0.2, -0.15) is 0 Å². The van der Waals surface area contributed by atoms with Crippen LogP contribution in [0.4, 0.5) is 0 Å². The van der Waals surface area contributed by atoms with E-state index in [1.54, 1.807) is 19.3 Å². The Labute approximate surface area is 141 Å². The second-order valence-electron chi connectivity index (χ2n) is 6.32. The molecule has 0 radical (unpaired) electrons. The molecule has 1 saturated heterocycles. The lowest BCUT2D eigenvalue weighted by Gasteiger charge is -2.27. The van der Waals surface area contributed by atoms with Crippen LogP contribution >= 0.6 is 0 Å². The topological polar surface area (TPSA) is 62.5 Å². The van der Waals surface area contributed by atoms with Gasteiger partial charge in [-0.25, -0.2) is 0 Å². The number of likely N-dealkylation sites (tertiary alicyclic amines) is 1. The number of benzene rings is 1. The molecule has 1 aromatic heterocycles. The van der Waals surface area contributed by atoms with E-state index in [1.165, 1.54) is 10.6 Å². The summed E-state index contributed by atoms with van der Waals surface area (Å²) in [6.45, 7) is 0.688. The molecule has 3 rings (SSSR count). The summed E-state index contributed by atoms with van der Waals surface area (Å²) in [5.74, 6) is -0.0756. The van der Waals surface area contributed by atoms with Crippen LogP contribution < -0.4 is 5.56 Å². The molecule has 2 aromatic rings. The lowest BCUT2D eigenvalue weighted by Crippen LogP contribution is -2.37. The van der Waals surface area contributed by atoms with Crippen LogP contribution in [-0.4, -0.2) is 33.1 Å². The van der Waals surface area contributed by atoms with E-state index < -0.39 is 6.10 Å². The highest BCUT2D eigenvalue weighted by Gasteiger charge is 2.31. The lowest BCUT2D eigenvalue weighted by molar-refractivity contribution is 0.0666. The number of pyridine rings is 1. The van der Waals surface area contributed by atoms with E-state index in [0.717, 1.165) is 18.4 Å². The second-order valence-corrected chi connectivity index (χ2v) is 6.32. The van der Waals surface area contributed by atoms with Crippen LogP contribution in [0.25, 0.3) is 0 Å². The first-order valence-electron chi connectivity index (χ1n) is 8.27. The highest BCUT2D eigenvalue weighted by atomic mass is 16.3. The minimum Gasteiger partial charge on any atom is -0.388 e. The number of hydrogen-bond donors (Lipinski definition) is 1. The van der Waals surface area contributed by atoms with Crippen LogP contribution in [0.15, 0.2) is 53.5 Å². The smallest absolute Gasteiger partial charge is 0.255 e. The minimum atomic E-state index is -0.579. The Morgan fingerprint density at radius 3 is 2.71 bits per heavy atom. The Kier molecular flexibility index (Phi) is 4.81. The van der Waals surface area contributed by atoms with E-state index >= 15 is 0 Å². The zero-order valence-corrected chi connectivity index (χ0v) is 13.8. The summed E-state index contributed by atoms with van der Waals surface area (Å²) in [4.78, 5) is 26.1. The van der Waals surface area contributed by atoms with Crippen molar-refractivity contribution in [2.45, 2.75) is 31.4 Å². The predicted molar refractivity (Wildman–Crippen MR) is 91.8 cm³/mol. The summed E-state index contributed by atoms with van der Waals surface area (Å²) in [5.41, 5.74) is 1.25. The van der Waals surface area contributed by atoms with Crippen LogP contribution in [-0.2, 0) is 7.05 Å². The standard InChI is InChI=1S/C19H22N2O3/c1-20-13-15(9-10-18(20)23)19(24)21-11-5-8-16(21)12-17(22)14-6-3-2-4-7-14/h2-4,6-7,9-10,13,16-17,22H,5,8,11-12H2,1H3. The molecule has 0 saturated carbocycles. The zero-order valence-electron chi connectivity index (χ0n) is 13.8. The van der Waals surface area contributed by atoms with Crippen molar-refractivity contribution in [1.82, 2.24) is 9.47 Å². The van der Waals surface area contributed by atoms with Crippen molar-refractivity contribution in [1.29, 1.82) is 0 Å². The predicted octanol–water partition coefficient (Wildman–Crippen LogP) is 2.11. The molecule has 1 aliphatic rings. The molecule has 2 atom stereocenters. The van der Waals surface area contributed by atoms with Crippen LogP contribution in [0.3, 0.4) is 0 Å². The van der Waals surface area contributed by atoms with Crippen LogP contribution in [0.5, 0.6) is 0 Å². The Morgan fingerprint density at radius 2 is 2.00 bits per heavy atom. The van der Waals surface area contributed by atoms with Gasteiger partial charge in [-0.15, -0.1) is 0 Å². The molecule has 5 heteroatoms. The van der Waals surface area contributed by atoms with E-state index in [4.69, 9.17) is 0 Å². The fraction of sp³-hybridized carbons (Fsp3) is 0.368. The number of aliphatic hydroxyl groups excluding tert-OH is 1. The Hall–Kier alpha value is -2.40. The largest absolute Gasteiger partial charge is 0.388 e. The summed E-state index contributed by atoms with van der Waals surface area (Å²) < 4.78 is 1.41. The van der Waals surface area contributed by atoms with Crippen LogP contribution in [0.1, 0.15) is 41.3 Å². The average molecular weight is 326 g/mol. The fourth-order valence-electron chi connectivity index (χ4n) is 3.30. The van der Waals surface area contributed by atoms with E-state index in [2.05, 4.69) is 0 Å². The van der Waals surface area contributed by atoms with E-state index in [-0.39, 0.29) is 17.5 Å². The molecule has 0 aliphatic carbocycles. The third-order valence-electron chi connectivity index (χ3n) is 4.65. The first kappa shape index (κ1) is 16.5. The molecule has 1 amide bonds. The van der Waals surface area contributed by atoms with E-state index in [0.29, 0.717) is 18.5 Å². The number of hydrogen-bond acceptors (Lipinski definition) is 3. The lowest BCUT2D eigenvalue weighted by atomic mass is 10.0. The first-order chi connectivity index (χ1) is 11.6. The number of amides is 1. The van der Waals surface area contributed by atoms with E-state index in [1.807, 2.05) is 35.2 Å². The molecule has 2 unspecified atom stereocenters. The number of nitrogens with zero attached hydrogens (tertiary/aromatic N) is 2. The first-order valence-corrected chi connectivity index (χ1v) is 8.27. The van der Waals surface area contributed by atoms with Gasteiger partial charge in [0.25, 0.3) is 5.91 Å². The zero-order chi connectivity index (χ0) is 17.1. The minimum absolute atomic E-state index is 0.0185. The van der Waals surface area contributed by atoms with Crippen molar-refractivity contribution < 1.29 is 9.90 Å². The molecule has 1 fully saturated rings. The maximum absolute atomic E-state index is 12.8. The third kappa shape index (κ3) is 3.41. The van der Waals surface area contributed by atoms with Gasteiger partial charge in [-0.05, 0) is 30.9 Å². The molecule has 126 valence electrons. The van der Waals surface area contributed by atoms with Crippen molar-refractivity contribution in [3.8, 4) is 0 Å². The van der Waals surface area contributed by atoms with Crippen molar-refractivity contribution >= 4 is 5.91 Å². The number of carbonyl (C=O) groups excluding carboxylic acids is 1. The van der Waals surface area contributed by atoms with Gasteiger partial charge in [0.15, 0.2) is 0 Å². The molecular weight excluding hydrogens is 304 g/mol. The quantitative estimate of drug-likeness (QED) is 0.936. The normalized spacial score (nSPS) is 18.6. The van der Waals surface area contributed by atoms with Crippen molar-refractivity contribution in [2.75, 3.05) is 6.54 Å². The van der Waals surface area contributed by atoms with Crippen LogP contribution in [0.2, 0.25) is 0 Å². The van der Waals surface area contributed by atoms with Crippen molar-refractivity contribution in [3.05, 3.63) is 70.1 Å². The molecule has 24 heavy (non-hydrogen) atoms. The Morgan fingerprint density at radius 1 is 1.25 bits per heavy atom. The summed E-state index contributed by atoms with van der Waals surface area (Å²) in [6, 6.07) is 12.5. The highest BCUT2D eigenvalue weighted by Crippen LogP contribution is 2.28. The number of aryl methyl sites for hydroxylation is 1. The molecule has 5 nitrogen and oxygen atoms in total. The number of carbonyl (C=O) groups is 1. The Bertz CT molecular complexity index is 770. The number of aromatic nitrogens is 1. The summed E-state index contributed by atoms with van der Waals surface area (Å²) >= 11 is 0. The van der Waals surface area contributed by atoms with Gasteiger partial charge in [0.1, 0.15) is 0 Å². The molecule has 2 heterocycles. The molecule has 1 aliphatic heterocycles. The molecule has 1 aromatic carbocycles. The molecule has 0 spiro atoms. The van der Waals surface area contributed by atoms with Crippen LogP contribution in [0, 0.1) is 0 Å². The van der Waals surface area contributed by atoms with Gasteiger partial charge in [0, 0.05) is 31.9 Å². The third-order valence-corrected chi connectivity index (χ3v) is 4.65. The summed E-state index contributed by atoms with van der Waals surface area (Å²) in [5, 5.41) is 10.4. The van der Waals surface area contributed by atoms with Gasteiger partial charge in [-0.1, -0.05) is 30.3 Å². The monoisotopic (exact) mass is 326 g/mol. The molecule has 1 N–H and O–H groups in total. The highest BCUT2D eigenvalue weighted by molar-refractivity contribution is 5.94. The van der Waals surface area contributed by atoms with Crippen molar-refractivity contribution in [3.63, 3.8) is 0 Å². The maximum Gasteiger partial charge on any atom is 0.255 e. The maximum atomic E-state index is 12.8. The van der Waals surface area contributed by atoms with Crippen molar-refractivity contribution in [2.24, 2.45) is 7.05 Å². The van der Waals surface area contributed by atoms with E-state index in [9.17, 15) is 14.7 Å². The van der Waals surface area contributed by atoms with Gasteiger partial charge >= 0.3 is 0 Å². The fourth-order valence-corrected chi connectivity index (χ4v) is 3.30. The average Bonchev–Trinajstić information content (AvgIpc) is 3.05. The second kappa shape index (κ2) is 7.01. The van der Waals surface area contributed by atoms with Gasteiger partial charge in [0.05, 0.1) is 11.7 Å².